The smallest absolute Gasteiger partial charge is 0.411 e. The highest BCUT2D eigenvalue weighted by molar-refractivity contribution is 7.10. The van der Waals surface area contributed by atoms with Crippen molar-refractivity contribution in [2.75, 3.05) is 6.61 Å². The van der Waals surface area contributed by atoms with E-state index in [1.165, 1.54) is 17.4 Å². The Balaban J connectivity index is 2.43. The van der Waals surface area contributed by atoms with Gasteiger partial charge in [-0.2, -0.15) is 13.2 Å². The largest absolute Gasteiger partial charge is 0.478 e. The minimum Gasteiger partial charge on any atom is -0.478 e. The lowest BCUT2D eigenvalue weighted by Crippen LogP contribution is -2.16. The fourth-order valence-corrected chi connectivity index (χ4v) is 1.79. The number of hydrogen-bond donors (Lipinski definition) is 1. The van der Waals surface area contributed by atoms with Crippen LogP contribution in [0.25, 0.3) is 6.08 Å². The van der Waals surface area contributed by atoms with E-state index in [0.717, 1.165) is 6.08 Å². The molecule has 1 rings (SSSR count). The summed E-state index contributed by atoms with van der Waals surface area (Å²) in [5.41, 5.74) is 0.628. The number of halogens is 3. The van der Waals surface area contributed by atoms with Crippen LogP contribution in [0.1, 0.15) is 10.4 Å². The Labute approximate surface area is 99.1 Å². The van der Waals surface area contributed by atoms with Crippen LogP contribution in [-0.2, 0) is 16.1 Å². The minimum atomic E-state index is -4.33. The molecule has 0 saturated carbocycles. The van der Waals surface area contributed by atoms with E-state index in [4.69, 9.17) is 5.11 Å². The van der Waals surface area contributed by atoms with Crippen LogP contribution in [0.4, 0.5) is 13.2 Å². The first-order valence-corrected chi connectivity index (χ1v) is 5.38. The van der Waals surface area contributed by atoms with Crippen molar-refractivity contribution in [2.24, 2.45) is 0 Å². The first-order valence-electron chi connectivity index (χ1n) is 4.50. The quantitative estimate of drug-likeness (QED) is 0.833. The molecule has 0 aromatic carbocycles. The van der Waals surface area contributed by atoms with Gasteiger partial charge in [-0.15, -0.1) is 11.3 Å². The third-order valence-corrected chi connectivity index (χ3v) is 2.53. The maximum Gasteiger partial charge on any atom is 0.411 e. The van der Waals surface area contributed by atoms with Gasteiger partial charge in [0.15, 0.2) is 0 Å². The number of rotatable bonds is 5. The fraction of sp³-hybridized carbons (Fsp3) is 0.300. The van der Waals surface area contributed by atoms with Crippen molar-refractivity contribution in [1.82, 2.24) is 0 Å². The molecule has 3 nitrogen and oxygen atoms in total. The molecule has 1 heterocycles. The fourth-order valence-electron chi connectivity index (χ4n) is 0.996. The van der Waals surface area contributed by atoms with Crippen LogP contribution in [0.5, 0.6) is 0 Å². The maximum atomic E-state index is 11.8. The van der Waals surface area contributed by atoms with Crippen LogP contribution in [-0.4, -0.2) is 23.9 Å². The molecule has 0 saturated heterocycles. The Morgan fingerprint density at radius 1 is 1.53 bits per heavy atom. The van der Waals surface area contributed by atoms with Crippen LogP contribution < -0.4 is 0 Å². The van der Waals surface area contributed by atoms with Crippen LogP contribution in [0.3, 0.4) is 0 Å². The Hall–Kier alpha value is -1.34. The van der Waals surface area contributed by atoms with Crippen molar-refractivity contribution >= 4 is 23.4 Å². The van der Waals surface area contributed by atoms with E-state index in [9.17, 15) is 18.0 Å². The molecule has 0 aliphatic rings. The Morgan fingerprint density at radius 3 is 2.82 bits per heavy atom. The monoisotopic (exact) mass is 266 g/mol. The summed E-state index contributed by atoms with van der Waals surface area (Å²) < 4.78 is 39.8. The van der Waals surface area contributed by atoms with Gasteiger partial charge in [-0.1, -0.05) is 0 Å². The first kappa shape index (κ1) is 13.7. The molecule has 94 valence electrons. The summed E-state index contributed by atoms with van der Waals surface area (Å²) in [7, 11) is 0. The van der Waals surface area contributed by atoms with Gasteiger partial charge in [-0.3, -0.25) is 0 Å². The highest BCUT2D eigenvalue weighted by atomic mass is 32.1. The van der Waals surface area contributed by atoms with E-state index in [2.05, 4.69) is 4.74 Å². The number of carboxylic acids is 1. The zero-order chi connectivity index (χ0) is 12.9. The standard InChI is InChI=1S/C10H9F3O3S/c11-10(12,13)6-16-4-8-3-7(5-17-8)1-2-9(14)15/h1-3,5H,4,6H2,(H,14,15). The van der Waals surface area contributed by atoms with Gasteiger partial charge in [0.2, 0.25) is 0 Å². The molecule has 0 unspecified atom stereocenters. The zero-order valence-corrected chi connectivity index (χ0v) is 9.35. The molecule has 0 aliphatic carbocycles. The van der Waals surface area contributed by atoms with Crippen molar-refractivity contribution in [1.29, 1.82) is 0 Å². The lowest BCUT2D eigenvalue weighted by Gasteiger charge is -2.05. The number of ether oxygens (including phenoxy) is 1. The molecule has 0 aliphatic heterocycles. The van der Waals surface area contributed by atoms with E-state index in [-0.39, 0.29) is 6.61 Å². The number of hydrogen-bond acceptors (Lipinski definition) is 3. The maximum absolute atomic E-state index is 11.8. The van der Waals surface area contributed by atoms with Gasteiger partial charge in [0.25, 0.3) is 0 Å². The van der Waals surface area contributed by atoms with Crippen molar-refractivity contribution in [3.8, 4) is 0 Å². The number of thiophene rings is 1. The lowest BCUT2D eigenvalue weighted by molar-refractivity contribution is -0.176. The average Bonchev–Trinajstić information content (AvgIpc) is 2.61. The predicted molar refractivity (Wildman–Crippen MR) is 56.7 cm³/mol. The summed E-state index contributed by atoms with van der Waals surface area (Å²) in [6, 6.07) is 1.58. The molecule has 1 N–H and O–H groups in total. The Morgan fingerprint density at radius 2 is 2.24 bits per heavy atom. The van der Waals surface area contributed by atoms with Gasteiger partial charge in [0.05, 0.1) is 6.61 Å². The second-order valence-electron chi connectivity index (χ2n) is 3.13. The van der Waals surface area contributed by atoms with Crippen molar-refractivity contribution in [3.05, 3.63) is 28.0 Å². The first-order chi connectivity index (χ1) is 7.87. The molecule has 0 spiro atoms. The van der Waals surface area contributed by atoms with Crippen LogP contribution in [0.15, 0.2) is 17.5 Å². The summed E-state index contributed by atoms with van der Waals surface area (Å²) in [5, 5.41) is 10.0. The molecule has 17 heavy (non-hydrogen) atoms. The van der Waals surface area contributed by atoms with Gasteiger partial charge in [0.1, 0.15) is 6.61 Å². The average molecular weight is 266 g/mol. The van der Waals surface area contributed by atoms with Gasteiger partial charge < -0.3 is 9.84 Å². The molecular formula is C10H9F3O3S. The molecule has 0 atom stereocenters. The van der Waals surface area contributed by atoms with Gasteiger partial charge >= 0.3 is 12.1 Å². The predicted octanol–water partition coefficient (Wildman–Crippen LogP) is 2.92. The second-order valence-corrected chi connectivity index (χ2v) is 4.12. The Kier molecular flexibility index (Phi) is 4.71. The summed E-state index contributed by atoms with van der Waals surface area (Å²) in [5.74, 6) is -1.08. The second kappa shape index (κ2) is 5.83. The third kappa shape index (κ3) is 6.08. The molecule has 1 aromatic heterocycles. The molecule has 0 amide bonds. The van der Waals surface area contributed by atoms with Crippen LogP contribution in [0.2, 0.25) is 0 Å². The van der Waals surface area contributed by atoms with Crippen LogP contribution >= 0.6 is 11.3 Å². The minimum absolute atomic E-state index is 0.134. The van der Waals surface area contributed by atoms with Gasteiger partial charge in [-0.25, -0.2) is 4.79 Å². The highest BCUT2D eigenvalue weighted by Crippen LogP contribution is 2.19. The zero-order valence-electron chi connectivity index (χ0n) is 8.53. The normalized spacial score (nSPS) is 12.2. The number of carboxylic acid groups (broad SMARTS) is 1. The van der Waals surface area contributed by atoms with E-state index >= 15 is 0 Å². The molecular weight excluding hydrogens is 257 g/mol. The summed E-state index contributed by atoms with van der Waals surface area (Å²) in [6.45, 7) is -1.42. The molecule has 0 bridgehead atoms. The number of aliphatic carboxylic acids is 1. The number of carbonyl (C=O) groups is 1. The molecule has 1 aromatic rings. The number of alkyl halides is 3. The SMILES string of the molecule is O=C(O)C=Cc1csc(COCC(F)(F)F)c1. The summed E-state index contributed by atoms with van der Waals surface area (Å²) in [6.07, 6.45) is -2.00. The van der Waals surface area contributed by atoms with E-state index in [0.29, 0.717) is 10.4 Å². The third-order valence-electron chi connectivity index (χ3n) is 1.60. The topological polar surface area (TPSA) is 46.5 Å². The Bertz CT molecular complexity index is 409. The van der Waals surface area contributed by atoms with Crippen molar-refractivity contribution < 1.29 is 27.8 Å². The summed E-state index contributed by atoms with van der Waals surface area (Å²) in [4.78, 5) is 10.8. The van der Waals surface area contributed by atoms with Crippen LogP contribution in [0, 0.1) is 0 Å². The van der Waals surface area contributed by atoms with E-state index < -0.39 is 18.8 Å². The molecule has 7 heteroatoms. The molecule has 0 fully saturated rings. The molecule has 0 radical (unpaired) electrons. The van der Waals surface area contributed by atoms with Gasteiger partial charge in [0, 0.05) is 11.0 Å². The highest BCUT2D eigenvalue weighted by Gasteiger charge is 2.27. The van der Waals surface area contributed by atoms with E-state index in [1.54, 1.807) is 11.4 Å². The van der Waals surface area contributed by atoms with Gasteiger partial charge in [-0.05, 0) is 23.1 Å². The summed E-state index contributed by atoms with van der Waals surface area (Å²) >= 11 is 1.22. The van der Waals surface area contributed by atoms with Crippen molar-refractivity contribution in [2.45, 2.75) is 12.8 Å². The lowest BCUT2D eigenvalue weighted by atomic mass is 10.3. The van der Waals surface area contributed by atoms with Crippen molar-refractivity contribution in [3.63, 3.8) is 0 Å². The van der Waals surface area contributed by atoms with E-state index in [1.807, 2.05) is 0 Å².